The lowest BCUT2D eigenvalue weighted by Gasteiger charge is -2.11. The number of aryl methyl sites for hydroxylation is 2. The minimum atomic E-state index is 0. The van der Waals surface area contributed by atoms with Gasteiger partial charge in [-0.2, -0.15) is 0 Å². The molecule has 0 atom stereocenters. The van der Waals surface area contributed by atoms with E-state index in [4.69, 9.17) is 4.74 Å². The third-order valence-electron chi connectivity index (χ3n) is 4.14. The van der Waals surface area contributed by atoms with Crippen LogP contribution in [0.25, 0.3) is 0 Å². The Morgan fingerprint density at radius 2 is 2.15 bits per heavy atom. The second kappa shape index (κ2) is 10.8. The molecule has 27 heavy (non-hydrogen) atoms. The first kappa shape index (κ1) is 21.9. The van der Waals surface area contributed by atoms with E-state index in [-0.39, 0.29) is 24.0 Å². The summed E-state index contributed by atoms with van der Waals surface area (Å²) in [5, 5.41) is 7.77. The highest BCUT2D eigenvalue weighted by atomic mass is 127. The number of rotatable bonds is 8. The summed E-state index contributed by atoms with van der Waals surface area (Å²) in [4.78, 5) is 14.7. The molecule has 0 aromatic carbocycles. The summed E-state index contributed by atoms with van der Waals surface area (Å²) < 4.78 is 5.75. The van der Waals surface area contributed by atoms with E-state index >= 15 is 0 Å². The molecule has 148 valence electrons. The standard InChI is InChI=1S/C19H27N5OS.HI/c1-4-20-19(23-11-17-13(2)24-14(3)26-17)22-10-16-7-8-21-18(9-16)25-12-15-5-6-15;/h7-9,15H,4-6,10-12H2,1-3H3,(H2,20,22,23);1H. The highest BCUT2D eigenvalue weighted by Crippen LogP contribution is 2.29. The van der Waals surface area contributed by atoms with Crippen molar-refractivity contribution in [2.45, 2.75) is 46.7 Å². The van der Waals surface area contributed by atoms with Crippen molar-refractivity contribution in [2.24, 2.45) is 10.9 Å². The van der Waals surface area contributed by atoms with Gasteiger partial charge in [-0.05, 0) is 51.2 Å². The maximum absolute atomic E-state index is 5.75. The van der Waals surface area contributed by atoms with E-state index in [9.17, 15) is 0 Å². The molecule has 1 fully saturated rings. The van der Waals surface area contributed by atoms with Gasteiger partial charge in [0.05, 0.1) is 30.4 Å². The van der Waals surface area contributed by atoms with Crippen LogP contribution in [-0.4, -0.2) is 29.1 Å². The molecule has 2 aromatic heterocycles. The molecule has 0 saturated heterocycles. The van der Waals surface area contributed by atoms with Crippen molar-refractivity contribution >= 4 is 41.3 Å². The molecule has 1 aliphatic rings. The number of guanidine groups is 1. The van der Waals surface area contributed by atoms with Gasteiger partial charge in [0.25, 0.3) is 0 Å². The van der Waals surface area contributed by atoms with Crippen LogP contribution in [0.1, 0.15) is 40.9 Å². The Hall–Kier alpha value is -1.42. The van der Waals surface area contributed by atoms with Crippen LogP contribution in [0.4, 0.5) is 0 Å². The van der Waals surface area contributed by atoms with Crippen LogP contribution in [0.15, 0.2) is 23.3 Å². The molecular formula is C19H28IN5OS. The maximum atomic E-state index is 5.75. The normalized spacial score (nSPS) is 13.8. The summed E-state index contributed by atoms with van der Waals surface area (Å²) in [6.45, 7) is 9.05. The Kier molecular flexibility index (Phi) is 8.75. The zero-order valence-electron chi connectivity index (χ0n) is 16.1. The summed E-state index contributed by atoms with van der Waals surface area (Å²) in [6, 6.07) is 3.96. The first-order valence-corrected chi connectivity index (χ1v) is 9.98. The van der Waals surface area contributed by atoms with Crippen molar-refractivity contribution in [3.63, 3.8) is 0 Å². The van der Waals surface area contributed by atoms with E-state index in [1.54, 1.807) is 17.5 Å². The molecule has 0 amide bonds. The lowest BCUT2D eigenvalue weighted by molar-refractivity contribution is 0.288. The first-order chi connectivity index (χ1) is 12.6. The molecule has 2 aromatic rings. The van der Waals surface area contributed by atoms with Gasteiger partial charge in [0, 0.05) is 23.7 Å². The highest BCUT2D eigenvalue weighted by molar-refractivity contribution is 14.0. The lowest BCUT2D eigenvalue weighted by atomic mass is 10.3. The van der Waals surface area contributed by atoms with Crippen LogP contribution in [-0.2, 0) is 13.1 Å². The van der Waals surface area contributed by atoms with E-state index in [0.29, 0.717) is 12.4 Å². The number of aromatic nitrogens is 2. The fraction of sp³-hybridized carbons (Fsp3) is 0.526. The smallest absolute Gasteiger partial charge is 0.213 e. The number of aliphatic imine (C=N–C) groups is 1. The van der Waals surface area contributed by atoms with Gasteiger partial charge in [-0.1, -0.05) is 0 Å². The summed E-state index contributed by atoms with van der Waals surface area (Å²) in [7, 11) is 0. The third kappa shape index (κ3) is 7.25. The van der Waals surface area contributed by atoms with Gasteiger partial charge >= 0.3 is 0 Å². The fourth-order valence-corrected chi connectivity index (χ4v) is 3.41. The topological polar surface area (TPSA) is 71.4 Å². The van der Waals surface area contributed by atoms with Gasteiger partial charge in [-0.15, -0.1) is 35.3 Å². The molecule has 0 unspecified atom stereocenters. The fourth-order valence-electron chi connectivity index (χ4n) is 2.53. The second-order valence-corrected chi connectivity index (χ2v) is 7.83. The zero-order valence-corrected chi connectivity index (χ0v) is 19.3. The van der Waals surface area contributed by atoms with Gasteiger partial charge in [-0.25, -0.2) is 15.0 Å². The number of hydrogen-bond acceptors (Lipinski definition) is 5. The van der Waals surface area contributed by atoms with Gasteiger partial charge in [-0.3, -0.25) is 0 Å². The van der Waals surface area contributed by atoms with Gasteiger partial charge in [0.2, 0.25) is 5.88 Å². The number of ether oxygens (including phenoxy) is 1. The van der Waals surface area contributed by atoms with E-state index in [2.05, 4.69) is 32.5 Å². The molecule has 0 radical (unpaired) electrons. The van der Waals surface area contributed by atoms with Crippen LogP contribution in [0.3, 0.4) is 0 Å². The minimum Gasteiger partial charge on any atom is -0.477 e. The maximum Gasteiger partial charge on any atom is 0.213 e. The Morgan fingerprint density at radius 3 is 2.81 bits per heavy atom. The highest BCUT2D eigenvalue weighted by Gasteiger charge is 2.22. The number of halogens is 1. The molecule has 6 nitrogen and oxygen atoms in total. The van der Waals surface area contributed by atoms with Crippen molar-refractivity contribution in [3.8, 4) is 5.88 Å². The second-order valence-electron chi connectivity index (χ2n) is 6.55. The van der Waals surface area contributed by atoms with Crippen LogP contribution in [0.5, 0.6) is 5.88 Å². The quantitative estimate of drug-likeness (QED) is 0.327. The average molecular weight is 501 g/mol. The molecule has 0 aliphatic heterocycles. The predicted molar refractivity (Wildman–Crippen MR) is 121 cm³/mol. The van der Waals surface area contributed by atoms with Gasteiger partial charge < -0.3 is 15.4 Å². The molecular weight excluding hydrogens is 473 g/mol. The summed E-state index contributed by atoms with van der Waals surface area (Å²) in [5.74, 6) is 2.22. The molecule has 0 spiro atoms. The molecule has 3 rings (SSSR count). The number of thiazole rings is 1. The van der Waals surface area contributed by atoms with E-state index < -0.39 is 0 Å². The Bertz CT molecular complexity index is 760. The van der Waals surface area contributed by atoms with Crippen molar-refractivity contribution in [3.05, 3.63) is 39.5 Å². The van der Waals surface area contributed by atoms with Crippen LogP contribution < -0.4 is 15.4 Å². The Labute approximate surface area is 182 Å². The van der Waals surface area contributed by atoms with Gasteiger partial charge in [0.1, 0.15) is 0 Å². The van der Waals surface area contributed by atoms with Crippen molar-refractivity contribution in [1.29, 1.82) is 0 Å². The zero-order chi connectivity index (χ0) is 18.4. The van der Waals surface area contributed by atoms with E-state index in [0.717, 1.165) is 47.8 Å². The molecule has 1 aliphatic carbocycles. The largest absolute Gasteiger partial charge is 0.477 e. The average Bonchev–Trinajstić information content (AvgIpc) is 3.40. The number of nitrogens with zero attached hydrogens (tertiary/aromatic N) is 3. The Morgan fingerprint density at radius 1 is 1.33 bits per heavy atom. The first-order valence-electron chi connectivity index (χ1n) is 9.17. The van der Waals surface area contributed by atoms with Crippen LogP contribution in [0, 0.1) is 19.8 Å². The van der Waals surface area contributed by atoms with Crippen molar-refractivity contribution in [1.82, 2.24) is 20.6 Å². The molecule has 1 saturated carbocycles. The molecule has 2 N–H and O–H groups in total. The number of pyridine rings is 1. The Balaban J connectivity index is 0.00000261. The predicted octanol–water partition coefficient (Wildman–Crippen LogP) is 3.82. The molecule has 8 heteroatoms. The summed E-state index contributed by atoms with van der Waals surface area (Å²) in [5.41, 5.74) is 2.18. The number of hydrogen-bond donors (Lipinski definition) is 2. The summed E-state index contributed by atoms with van der Waals surface area (Å²) >= 11 is 1.72. The van der Waals surface area contributed by atoms with Crippen molar-refractivity contribution < 1.29 is 4.74 Å². The molecule has 0 bridgehead atoms. The van der Waals surface area contributed by atoms with E-state index in [1.807, 2.05) is 26.0 Å². The summed E-state index contributed by atoms with van der Waals surface area (Å²) in [6.07, 6.45) is 4.35. The third-order valence-corrected chi connectivity index (χ3v) is 5.22. The molecule has 2 heterocycles. The van der Waals surface area contributed by atoms with E-state index in [1.165, 1.54) is 17.7 Å². The monoisotopic (exact) mass is 501 g/mol. The van der Waals surface area contributed by atoms with Crippen molar-refractivity contribution in [2.75, 3.05) is 13.2 Å². The SMILES string of the molecule is CCNC(=NCc1ccnc(OCC2CC2)c1)NCc1sc(C)nc1C.I. The number of nitrogens with one attached hydrogen (secondary N) is 2. The van der Waals surface area contributed by atoms with Crippen LogP contribution in [0.2, 0.25) is 0 Å². The lowest BCUT2D eigenvalue weighted by Crippen LogP contribution is -2.36. The minimum absolute atomic E-state index is 0. The van der Waals surface area contributed by atoms with Crippen LogP contribution >= 0.6 is 35.3 Å². The van der Waals surface area contributed by atoms with Gasteiger partial charge in [0.15, 0.2) is 5.96 Å².